The van der Waals surface area contributed by atoms with Crippen LogP contribution < -0.4 is 5.32 Å². The standard InChI is InChI=1S/C12H22N2O3/c1-3-4-5-6-7-10-14(2)12(17)13-9-8-11(15)16/h3H,1,4-10H2,2H3,(H,13,17)(H,15,16). The van der Waals surface area contributed by atoms with Crippen LogP contribution in [0, 0.1) is 0 Å². The summed E-state index contributed by atoms with van der Waals surface area (Å²) in [5.41, 5.74) is 0. The first-order valence-electron chi connectivity index (χ1n) is 5.89. The van der Waals surface area contributed by atoms with E-state index in [1.165, 1.54) is 0 Å². The Morgan fingerprint density at radius 3 is 2.65 bits per heavy atom. The lowest BCUT2D eigenvalue weighted by molar-refractivity contribution is -0.136. The third kappa shape index (κ3) is 9.41. The average molecular weight is 242 g/mol. The Morgan fingerprint density at radius 1 is 1.35 bits per heavy atom. The molecule has 98 valence electrons. The number of carbonyl (C=O) groups is 2. The molecule has 0 spiro atoms. The normalized spacial score (nSPS) is 9.71. The number of carboxylic acid groups (broad SMARTS) is 1. The Kier molecular flexibility index (Phi) is 8.82. The minimum atomic E-state index is -0.905. The predicted molar refractivity (Wildman–Crippen MR) is 66.9 cm³/mol. The molecule has 0 aliphatic carbocycles. The quantitative estimate of drug-likeness (QED) is 0.479. The summed E-state index contributed by atoms with van der Waals surface area (Å²) >= 11 is 0. The number of aliphatic carboxylic acids is 1. The molecular weight excluding hydrogens is 220 g/mol. The Labute approximate surface area is 102 Å². The fourth-order valence-electron chi connectivity index (χ4n) is 1.33. The van der Waals surface area contributed by atoms with Crippen molar-refractivity contribution in [3.05, 3.63) is 12.7 Å². The number of carbonyl (C=O) groups excluding carboxylic acids is 1. The highest BCUT2D eigenvalue weighted by molar-refractivity contribution is 5.74. The van der Waals surface area contributed by atoms with E-state index in [4.69, 9.17) is 5.11 Å². The number of rotatable bonds is 9. The monoisotopic (exact) mass is 242 g/mol. The number of carboxylic acids is 1. The van der Waals surface area contributed by atoms with Crippen molar-refractivity contribution in [2.45, 2.75) is 32.1 Å². The number of nitrogens with one attached hydrogen (secondary N) is 1. The summed E-state index contributed by atoms with van der Waals surface area (Å²) in [7, 11) is 1.71. The molecule has 0 saturated carbocycles. The summed E-state index contributed by atoms with van der Waals surface area (Å²) in [6, 6.07) is -0.213. The molecule has 0 saturated heterocycles. The van der Waals surface area contributed by atoms with E-state index in [2.05, 4.69) is 11.9 Å². The summed E-state index contributed by atoms with van der Waals surface area (Å²) in [6.45, 7) is 4.51. The number of hydrogen-bond donors (Lipinski definition) is 2. The van der Waals surface area contributed by atoms with Crippen LogP contribution in [0.3, 0.4) is 0 Å². The lowest BCUT2D eigenvalue weighted by Crippen LogP contribution is -2.38. The Bertz CT molecular complexity index is 254. The van der Waals surface area contributed by atoms with Gasteiger partial charge in [-0.2, -0.15) is 0 Å². The van der Waals surface area contributed by atoms with Crippen molar-refractivity contribution in [3.8, 4) is 0 Å². The summed E-state index contributed by atoms with van der Waals surface area (Å²) in [4.78, 5) is 23.3. The molecule has 0 atom stereocenters. The average Bonchev–Trinajstić information content (AvgIpc) is 2.27. The van der Waals surface area contributed by atoms with Gasteiger partial charge in [-0.25, -0.2) is 4.79 Å². The molecule has 17 heavy (non-hydrogen) atoms. The molecule has 0 radical (unpaired) electrons. The molecule has 2 amide bonds. The van der Waals surface area contributed by atoms with E-state index >= 15 is 0 Å². The Balaban J connectivity index is 3.53. The van der Waals surface area contributed by atoms with E-state index in [1.54, 1.807) is 11.9 Å². The van der Waals surface area contributed by atoms with Crippen LogP contribution in [0.5, 0.6) is 0 Å². The van der Waals surface area contributed by atoms with Crippen LogP contribution in [0.15, 0.2) is 12.7 Å². The summed E-state index contributed by atoms with van der Waals surface area (Å²) < 4.78 is 0. The predicted octanol–water partition coefficient (Wildman–Crippen LogP) is 1.85. The van der Waals surface area contributed by atoms with E-state index in [0.717, 1.165) is 25.7 Å². The van der Waals surface area contributed by atoms with Gasteiger partial charge in [0.25, 0.3) is 0 Å². The zero-order valence-electron chi connectivity index (χ0n) is 10.4. The molecule has 0 bridgehead atoms. The van der Waals surface area contributed by atoms with E-state index in [0.29, 0.717) is 6.54 Å². The third-order valence-corrected chi connectivity index (χ3v) is 2.36. The van der Waals surface area contributed by atoms with Crippen molar-refractivity contribution < 1.29 is 14.7 Å². The van der Waals surface area contributed by atoms with Crippen molar-refractivity contribution >= 4 is 12.0 Å². The number of nitrogens with zero attached hydrogens (tertiary/aromatic N) is 1. The molecule has 5 heteroatoms. The van der Waals surface area contributed by atoms with Gasteiger partial charge >= 0.3 is 12.0 Å². The van der Waals surface area contributed by atoms with E-state index in [-0.39, 0.29) is 19.0 Å². The highest BCUT2D eigenvalue weighted by atomic mass is 16.4. The van der Waals surface area contributed by atoms with Crippen LogP contribution in [0.2, 0.25) is 0 Å². The minimum absolute atomic E-state index is 0.0427. The number of hydrogen-bond acceptors (Lipinski definition) is 2. The van der Waals surface area contributed by atoms with Gasteiger partial charge in [0.1, 0.15) is 0 Å². The molecule has 0 unspecified atom stereocenters. The van der Waals surface area contributed by atoms with Gasteiger partial charge in [-0.05, 0) is 19.3 Å². The molecule has 0 fully saturated rings. The van der Waals surface area contributed by atoms with Gasteiger partial charge in [-0.1, -0.05) is 12.5 Å². The molecule has 0 aromatic rings. The van der Waals surface area contributed by atoms with Crippen LogP contribution in [0.25, 0.3) is 0 Å². The van der Waals surface area contributed by atoms with Crippen molar-refractivity contribution in [2.24, 2.45) is 0 Å². The van der Waals surface area contributed by atoms with Gasteiger partial charge in [0, 0.05) is 20.1 Å². The first-order chi connectivity index (χ1) is 8.07. The third-order valence-electron chi connectivity index (χ3n) is 2.36. The highest BCUT2D eigenvalue weighted by Gasteiger charge is 2.07. The zero-order valence-corrected chi connectivity index (χ0v) is 10.4. The van der Waals surface area contributed by atoms with Crippen LogP contribution in [-0.4, -0.2) is 42.1 Å². The first-order valence-corrected chi connectivity index (χ1v) is 5.89. The van der Waals surface area contributed by atoms with Crippen molar-refractivity contribution in [1.82, 2.24) is 10.2 Å². The molecule has 0 heterocycles. The van der Waals surface area contributed by atoms with Crippen LogP contribution in [0.4, 0.5) is 4.79 Å². The summed E-state index contributed by atoms with van der Waals surface area (Å²) in [5, 5.41) is 11.0. The minimum Gasteiger partial charge on any atom is -0.481 e. The van der Waals surface area contributed by atoms with Gasteiger partial charge in [0.2, 0.25) is 0 Å². The van der Waals surface area contributed by atoms with Gasteiger partial charge in [-0.15, -0.1) is 6.58 Å². The smallest absolute Gasteiger partial charge is 0.317 e. The van der Waals surface area contributed by atoms with Gasteiger partial charge in [-0.3, -0.25) is 4.79 Å². The highest BCUT2D eigenvalue weighted by Crippen LogP contribution is 2.01. The lowest BCUT2D eigenvalue weighted by Gasteiger charge is -2.17. The Hall–Kier alpha value is -1.52. The maximum Gasteiger partial charge on any atom is 0.317 e. The fraction of sp³-hybridized carbons (Fsp3) is 0.667. The molecule has 0 aromatic heterocycles. The SMILES string of the molecule is C=CCCCCCN(C)C(=O)NCCC(=O)O. The summed E-state index contributed by atoms with van der Waals surface area (Å²) in [5.74, 6) is -0.905. The van der Waals surface area contributed by atoms with Gasteiger partial charge in [0.15, 0.2) is 0 Å². The van der Waals surface area contributed by atoms with Crippen molar-refractivity contribution in [1.29, 1.82) is 0 Å². The van der Waals surface area contributed by atoms with Crippen LogP contribution in [0.1, 0.15) is 32.1 Å². The second kappa shape index (κ2) is 9.69. The first kappa shape index (κ1) is 15.5. The zero-order chi connectivity index (χ0) is 13.1. The molecule has 5 nitrogen and oxygen atoms in total. The second-order valence-electron chi connectivity index (χ2n) is 3.94. The maximum atomic E-state index is 11.5. The van der Waals surface area contributed by atoms with Crippen molar-refractivity contribution in [3.63, 3.8) is 0 Å². The maximum absolute atomic E-state index is 11.5. The Morgan fingerprint density at radius 2 is 2.06 bits per heavy atom. The molecular formula is C12H22N2O3. The van der Waals surface area contributed by atoms with Crippen LogP contribution in [-0.2, 0) is 4.79 Å². The van der Waals surface area contributed by atoms with Crippen molar-refractivity contribution in [2.75, 3.05) is 20.1 Å². The number of amides is 2. The lowest BCUT2D eigenvalue weighted by atomic mass is 10.2. The topological polar surface area (TPSA) is 69.6 Å². The van der Waals surface area contributed by atoms with Gasteiger partial charge in [0.05, 0.1) is 6.42 Å². The van der Waals surface area contributed by atoms with E-state index in [1.807, 2.05) is 6.08 Å². The summed E-state index contributed by atoms with van der Waals surface area (Å²) in [6.07, 6.45) is 5.98. The molecule has 0 rings (SSSR count). The molecule has 0 aromatic carbocycles. The number of urea groups is 1. The fourth-order valence-corrected chi connectivity index (χ4v) is 1.33. The van der Waals surface area contributed by atoms with E-state index < -0.39 is 5.97 Å². The number of unbranched alkanes of at least 4 members (excludes halogenated alkanes) is 3. The molecule has 0 aliphatic rings. The number of allylic oxidation sites excluding steroid dienone is 1. The van der Waals surface area contributed by atoms with Gasteiger partial charge < -0.3 is 15.3 Å². The molecule has 0 aliphatic heterocycles. The van der Waals surface area contributed by atoms with E-state index in [9.17, 15) is 9.59 Å². The largest absolute Gasteiger partial charge is 0.481 e. The molecule has 2 N–H and O–H groups in total. The second-order valence-corrected chi connectivity index (χ2v) is 3.94. The van der Waals surface area contributed by atoms with Crippen LogP contribution >= 0.6 is 0 Å².